The van der Waals surface area contributed by atoms with Crippen LogP contribution in [0.5, 0.6) is 0 Å². The standard InChI is InChI=1S/C20H19FN6O/c21-15-2-4-16(5-3-15)25-17-6-7-18(24-14-17)19(28)26-10-12-27(13-11-26)20-22-8-1-9-23-20/h1-9,14,25H,10-13H2. The number of hydrogen-bond acceptors (Lipinski definition) is 6. The molecule has 142 valence electrons. The van der Waals surface area contributed by atoms with Crippen molar-refractivity contribution in [3.8, 4) is 0 Å². The Morgan fingerprint density at radius 1 is 0.893 bits per heavy atom. The molecule has 1 amide bonds. The minimum absolute atomic E-state index is 0.0954. The highest BCUT2D eigenvalue weighted by atomic mass is 19.1. The second-order valence-electron chi connectivity index (χ2n) is 6.39. The third-order valence-electron chi connectivity index (χ3n) is 4.52. The van der Waals surface area contributed by atoms with Gasteiger partial charge in [0.2, 0.25) is 5.95 Å². The van der Waals surface area contributed by atoms with Crippen LogP contribution in [-0.2, 0) is 0 Å². The summed E-state index contributed by atoms with van der Waals surface area (Å²) < 4.78 is 13.0. The summed E-state index contributed by atoms with van der Waals surface area (Å²) in [7, 11) is 0. The lowest BCUT2D eigenvalue weighted by molar-refractivity contribution is 0.0740. The number of benzene rings is 1. The number of carbonyl (C=O) groups excluding carboxylic acids is 1. The smallest absolute Gasteiger partial charge is 0.272 e. The van der Waals surface area contributed by atoms with Crippen LogP contribution in [0.4, 0.5) is 21.7 Å². The molecule has 2 aromatic heterocycles. The molecule has 0 spiro atoms. The Hall–Kier alpha value is -3.55. The summed E-state index contributed by atoms with van der Waals surface area (Å²) in [6, 6.07) is 11.3. The van der Waals surface area contributed by atoms with Crippen molar-refractivity contribution in [3.63, 3.8) is 0 Å². The summed E-state index contributed by atoms with van der Waals surface area (Å²) in [6.07, 6.45) is 5.03. The summed E-state index contributed by atoms with van der Waals surface area (Å²) in [5.41, 5.74) is 1.88. The van der Waals surface area contributed by atoms with Gasteiger partial charge in [0.25, 0.3) is 5.91 Å². The van der Waals surface area contributed by atoms with E-state index in [0.717, 1.165) is 11.4 Å². The second-order valence-corrected chi connectivity index (χ2v) is 6.39. The van der Waals surface area contributed by atoms with Gasteiger partial charge in [-0.15, -0.1) is 0 Å². The molecule has 0 radical (unpaired) electrons. The van der Waals surface area contributed by atoms with Gasteiger partial charge in [0.15, 0.2) is 0 Å². The number of rotatable bonds is 4. The molecule has 1 aliphatic heterocycles. The molecule has 0 bridgehead atoms. The Kier molecular flexibility index (Phi) is 5.09. The minimum atomic E-state index is -0.288. The number of nitrogens with one attached hydrogen (secondary N) is 1. The zero-order valence-corrected chi connectivity index (χ0v) is 15.1. The van der Waals surface area contributed by atoms with E-state index in [1.165, 1.54) is 12.1 Å². The number of piperazine rings is 1. The lowest BCUT2D eigenvalue weighted by Gasteiger charge is -2.34. The zero-order chi connectivity index (χ0) is 19.3. The van der Waals surface area contributed by atoms with E-state index in [-0.39, 0.29) is 11.7 Å². The highest BCUT2D eigenvalue weighted by Crippen LogP contribution is 2.17. The minimum Gasteiger partial charge on any atom is -0.354 e. The number of aromatic nitrogens is 3. The van der Waals surface area contributed by atoms with Crippen molar-refractivity contribution >= 4 is 23.2 Å². The van der Waals surface area contributed by atoms with Crippen LogP contribution in [0.15, 0.2) is 61.1 Å². The highest BCUT2D eigenvalue weighted by Gasteiger charge is 2.24. The summed E-state index contributed by atoms with van der Waals surface area (Å²) in [4.78, 5) is 29.3. The molecule has 0 atom stereocenters. The van der Waals surface area contributed by atoms with Crippen LogP contribution in [0, 0.1) is 5.82 Å². The van der Waals surface area contributed by atoms with Gasteiger partial charge in [0.05, 0.1) is 11.9 Å². The molecule has 0 saturated carbocycles. The van der Waals surface area contributed by atoms with Gasteiger partial charge in [0, 0.05) is 44.3 Å². The first kappa shape index (κ1) is 17.8. The molecule has 1 N–H and O–H groups in total. The Morgan fingerprint density at radius 2 is 1.57 bits per heavy atom. The van der Waals surface area contributed by atoms with Gasteiger partial charge in [-0.2, -0.15) is 0 Å². The first-order valence-electron chi connectivity index (χ1n) is 8.99. The van der Waals surface area contributed by atoms with Gasteiger partial charge in [0.1, 0.15) is 11.5 Å². The summed E-state index contributed by atoms with van der Waals surface area (Å²) in [5, 5.41) is 3.13. The largest absolute Gasteiger partial charge is 0.354 e. The van der Waals surface area contributed by atoms with Crippen molar-refractivity contribution in [2.75, 3.05) is 36.4 Å². The topological polar surface area (TPSA) is 74.2 Å². The monoisotopic (exact) mass is 378 g/mol. The fourth-order valence-corrected chi connectivity index (χ4v) is 3.02. The lowest BCUT2D eigenvalue weighted by Crippen LogP contribution is -2.49. The predicted molar refractivity (Wildman–Crippen MR) is 104 cm³/mol. The van der Waals surface area contributed by atoms with E-state index in [2.05, 4.69) is 25.2 Å². The lowest BCUT2D eigenvalue weighted by atomic mass is 10.2. The number of hydrogen-bond donors (Lipinski definition) is 1. The third kappa shape index (κ3) is 4.06. The number of nitrogens with zero attached hydrogens (tertiary/aromatic N) is 5. The van der Waals surface area contributed by atoms with Crippen LogP contribution in [0.25, 0.3) is 0 Å². The highest BCUT2D eigenvalue weighted by molar-refractivity contribution is 5.92. The SMILES string of the molecule is O=C(c1ccc(Nc2ccc(F)cc2)cn1)N1CCN(c2ncccn2)CC1. The van der Waals surface area contributed by atoms with Crippen molar-refractivity contribution in [3.05, 3.63) is 72.6 Å². The van der Waals surface area contributed by atoms with Crippen molar-refractivity contribution in [2.45, 2.75) is 0 Å². The molecule has 1 aromatic carbocycles. The third-order valence-corrected chi connectivity index (χ3v) is 4.52. The first-order valence-corrected chi connectivity index (χ1v) is 8.99. The maximum atomic E-state index is 13.0. The molecule has 1 saturated heterocycles. The summed E-state index contributed by atoms with van der Waals surface area (Å²) in [6.45, 7) is 2.54. The second kappa shape index (κ2) is 7.99. The maximum absolute atomic E-state index is 13.0. The molecule has 0 aliphatic carbocycles. The maximum Gasteiger partial charge on any atom is 0.272 e. The fraction of sp³-hybridized carbons (Fsp3) is 0.200. The molecule has 0 unspecified atom stereocenters. The Balaban J connectivity index is 1.35. The molecule has 1 aliphatic rings. The van der Waals surface area contributed by atoms with Crippen LogP contribution in [0.1, 0.15) is 10.5 Å². The average molecular weight is 378 g/mol. The molecule has 7 nitrogen and oxygen atoms in total. The molecule has 28 heavy (non-hydrogen) atoms. The summed E-state index contributed by atoms with van der Waals surface area (Å²) in [5.74, 6) is 0.300. The van der Waals surface area contributed by atoms with E-state index in [1.807, 2.05) is 0 Å². The van der Waals surface area contributed by atoms with Gasteiger partial charge in [-0.05, 0) is 42.5 Å². The van der Waals surface area contributed by atoms with Gasteiger partial charge < -0.3 is 15.1 Å². The van der Waals surface area contributed by atoms with E-state index in [0.29, 0.717) is 37.8 Å². The van der Waals surface area contributed by atoms with Gasteiger partial charge in [-0.1, -0.05) is 0 Å². The van der Waals surface area contributed by atoms with Crippen LogP contribution in [0.3, 0.4) is 0 Å². The van der Waals surface area contributed by atoms with Gasteiger partial charge >= 0.3 is 0 Å². The molecular formula is C20H19FN6O. The van der Waals surface area contributed by atoms with Crippen molar-refractivity contribution in [1.29, 1.82) is 0 Å². The van der Waals surface area contributed by atoms with Crippen LogP contribution in [-0.4, -0.2) is 51.9 Å². The predicted octanol–water partition coefficient (Wildman–Crippen LogP) is 2.72. The van der Waals surface area contributed by atoms with Crippen molar-refractivity contribution in [1.82, 2.24) is 19.9 Å². The molecular weight excluding hydrogens is 359 g/mol. The zero-order valence-electron chi connectivity index (χ0n) is 15.1. The number of pyridine rings is 1. The van der Waals surface area contributed by atoms with Gasteiger partial charge in [-0.25, -0.2) is 19.3 Å². The Morgan fingerprint density at radius 3 is 2.21 bits per heavy atom. The first-order chi connectivity index (χ1) is 13.7. The van der Waals surface area contributed by atoms with E-state index in [1.54, 1.807) is 53.8 Å². The number of halogens is 1. The van der Waals surface area contributed by atoms with E-state index in [4.69, 9.17) is 0 Å². The Labute approximate surface area is 161 Å². The summed E-state index contributed by atoms with van der Waals surface area (Å²) >= 11 is 0. The average Bonchev–Trinajstić information content (AvgIpc) is 2.76. The molecule has 3 heterocycles. The normalized spacial score (nSPS) is 14.0. The van der Waals surface area contributed by atoms with Gasteiger partial charge in [-0.3, -0.25) is 4.79 Å². The van der Waals surface area contributed by atoms with E-state index in [9.17, 15) is 9.18 Å². The van der Waals surface area contributed by atoms with E-state index >= 15 is 0 Å². The Bertz CT molecular complexity index is 925. The van der Waals surface area contributed by atoms with Crippen LogP contribution < -0.4 is 10.2 Å². The molecule has 1 fully saturated rings. The molecule has 8 heteroatoms. The quantitative estimate of drug-likeness (QED) is 0.753. The van der Waals surface area contributed by atoms with Crippen LogP contribution in [0.2, 0.25) is 0 Å². The molecule has 3 aromatic rings. The van der Waals surface area contributed by atoms with Crippen molar-refractivity contribution < 1.29 is 9.18 Å². The number of anilines is 3. The van der Waals surface area contributed by atoms with E-state index < -0.39 is 0 Å². The number of amides is 1. The van der Waals surface area contributed by atoms with Crippen molar-refractivity contribution in [2.24, 2.45) is 0 Å². The van der Waals surface area contributed by atoms with Crippen LogP contribution >= 0.6 is 0 Å². The number of carbonyl (C=O) groups is 1. The molecule has 4 rings (SSSR count). The fourth-order valence-electron chi connectivity index (χ4n) is 3.02.